The molecule has 0 radical (unpaired) electrons. The highest BCUT2D eigenvalue weighted by Gasteiger charge is 2.18. The van der Waals surface area contributed by atoms with E-state index in [1.807, 2.05) is 0 Å². The summed E-state index contributed by atoms with van der Waals surface area (Å²) in [6.45, 7) is 3.31. The number of hydrogen-bond acceptors (Lipinski definition) is 3. The Kier molecular flexibility index (Phi) is 2.67. The van der Waals surface area contributed by atoms with Crippen LogP contribution in [0.3, 0.4) is 0 Å². The van der Waals surface area contributed by atoms with Crippen molar-refractivity contribution in [2.45, 2.75) is 13.8 Å². The molecule has 0 saturated heterocycles. The van der Waals surface area contributed by atoms with E-state index in [0.29, 0.717) is 5.56 Å². The molecule has 2 aromatic rings. The van der Waals surface area contributed by atoms with Crippen LogP contribution in [0.5, 0.6) is 0 Å². The summed E-state index contributed by atoms with van der Waals surface area (Å²) in [4.78, 5) is 14.8. The Morgan fingerprint density at radius 1 is 1.41 bits per heavy atom. The molecule has 1 aromatic carbocycles. The molecule has 88 valence electrons. The Morgan fingerprint density at radius 3 is 2.71 bits per heavy atom. The first kappa shape index (κ1) is 11.3. The predicted molar refractivity (Wildman–Crippen MR) is 58.3 cm³/mol. The van der Waals surface area contributed by atoms with E-state index in [1.165, 1.54) is 19.1 Å². The number of halogens is 1. The Bertz CT molecular complexity index is 589. The van der Waals surface area contributed by atoms with E-state index in [1.54, 1.807) is 13.0 Å². The van der Waals surface area contributed by atoms with Gasteiger partial charge in [-0.1, -0.05) is 6.07 Å². The third-order valence-electron chi connectivity index (χ3n) is 2.42. The first-order chi connectivity index (χ1) is 7.99. The third-order valence-corrected chi connectivity index (χ3v) is 2.42. The molecule has 0 aliphatic carbocycles. The maximum Gasteiger partial charge on any atom is 0.373 e. The zero-order valence-corrected chi connectivity index (χ0v) is 9.32. The SMILES string of the molecule is Cc1ccc(F)cc1-c1nc(C)c(C(=O)O)o1. The minimum Gasteiger partial charge on any atom is -0.475 e. The second-order valence-electron chi connectivity index (χ2n) is 3.70. The maximum atomic E-state index is 13.1. The lowest BCUT2D eigenvalue weighted by atomic mass is 10.1. The van der Waals surface area contributed by atoms with Crippen molar-refractivity contribution in [1.82, 2.24) is 4.98 Å². The second-order valence-corrected chi connectivity index (χ2v) is 3.70. The molecule has 17 heavy (non-hydrogen) atoms. The minimum absolute atomic E-state index is 0.122. The minimum atomic E-state index is -1.18. The summed E-state index contributed by atoms with van der Waals surface area (Å²) in [6.07, 6.45) is 0. The number of oxazole rings is 1. The fourth-order valence-corrected chi connectivity index (χ4v) is 1.53. The highest BCUT2D eigenvalue weighted by atomic mass is 19.1. The van der Waals surface area contributed by atoms with Gasteiger partial charge in [-0.2, -0.15) is 0 Å². The van der Waals surface area contributed by atoms with Gasteiger partial charge in [0.2, 0.25) is 11.7 Å². The van der Waals surface area contributed by atoms with Crippen LogP contribution in [-0.4, -0.2) is 16.1 Å². The van der Waals surface area contributed by atoms with E-state index in [0.717, 1.165) is 5.56 Å². The zero-order valence-electron chi connectivity index (χ0n) is 9.32. The molecule has 0 fully saturated rings. The van der Waals surface area contributed by atoms with E-state index >= 15 is 0 Å². The Labute approximate surface area is 96.7 Å². The molecule has 0 amide bonds. The molecule has 0 saturated carbocycles. The summed E-state index contributed by atoms with van der Waals surface area (Å²) in [5, 5.41) is 8.84. The molecule has 5 heteroatoms. The number of rotatable bonds is 2. The van der Waals surface area contributed by atoms with E-state index in [-0.39, 0.29) is 17.3 Å². The number of hydrogen-bond donors (Lipinski definition) is 1. The fraction of sp³-hybridized carbons (Fsp3) is 0.167. The van der Waals surface area contributed by atoms with Crippen LogP contribution in [0.1, 0.15) is 21.8 Å². The fourth-order valence-electron chi connectivity index (χ4n) is 1.53. The maximum absolute atomic E-state index is 13.1. The highest BCUT2D eigenvalue weighted by Crippen LogP contribution is 2.25. The van der Waals surface area contributed by atoms with E-state index < -0.39 is 11.8 Å². The van der Waals surface area contributed by atoms with Crippen molar-refractivity contribution in [3.05, 3.63) is 41.0 Å². The third kappa shape index (κ3) is 2.04. The van der Waals surface area contributed by atoms with Gasteiger partial charge in [-0.05, 0) is 31.5 Å². The molecule has 1 N–H and O–H groups in total. The summed E-state index contributed by atoms with van der Waals surface area (Å²) in [6, 6.07) is 4.18. The molecule has 2 rings (SSSR count). The van der Waals surface area contributed by atoms with Crippen molar-refractivity contribution in [2.24, 2.45) is 0 Å². The molecule has 0 unspecified atom stereocenters. The summed E-state index contributed by atoms with van der Waals surface area (Å²) >= 11 is 0. The number of aryl methyl sites for hydroxylation is 2. The highest BCUT2D eigenvalue weighted by molar-refractivity contribution is 5.86. The second kappa shape index (κ2) is 4.01. The standard InChI is InChI=1S/C12H10FNO3/c1-6-3-4-8(13)5-9(6)11-14-7(2)10(17-11)12(15)16/h3-5H,1-2H3,(H,15,16). The van der Waals surface area contributed by atoms with Crippen molar-refractivity contribution in [1.29, 1.82) is 0 Å². The van der Waals surface area contributed by atoms with Crippen LogP contribution in [0, 0.1) is 19.7 Å². The number of benzene rings is 1. The number of carboxylic acid groups (broad SMARTS) is 1. The quantitative estimate of drug-likeness (QED) is 0.869. The molecule has 4 nitrogen and oxygen atoms in total. The summed E-state index contributed by atoms with van der Waals surface area (Å²) in [7, 11) is 0. The topological polar surface area (TPSA) is 63.3 Å². The average molecular weight is 235 g/mol. The number of carboxylic acids is 1. The molecular formula is C12H10FNO3. The van der Waals surface area contributed by atoms with Gasteiger partial charge in [0.15, 0.2) is 0 Å². The van der Waals surface area contributed by atoms with Crippen LogP contribution in [-0.2, 0) is 0 Å². The van der Waals surface area contributed by atoms with Crippen molar-refractivity contribution in [3.8, 4) is 11.5 Å². The van der Waals surface area contributed by atoms with Crippen LogP contribution < -0.4 is 0 Å². The lowest BCUT2D eigenvalue weighted by Crippen LogP contribution is -1.95. The van der Waals surface area contributed by atoms with E-state index in [4.69, 9.17) is 9.52 Å². The molecule has 0 aliphatic rings. The van der Waals surface area contributed by atoms with Crippen molar-refractivity contribution in [3.63, 3.8) is 0 Å². The molecule has 1 aromatic heterocycles. The van der Waals surface area contributed by atoms with Gasteiger partial charge >= 0.3 is 5.97 Å². The monoisotopic (exact) mass is 235 g/mol. The average Bonchev–Trinajstić information content (AvgIpc) is 2.64. The number of aromatic nitrogens is 1. The first-order valence-electron chi connectivity index (χ1n) is 4.96. The van der Waals surface area contributed by atoms with Gasteiger partial charge in [0.25, 0.3) is 0 Å². The largest absolute Gasteiger partial charge is 0.475 e. The first-order valence-corrected chi connectivity index (χ1v) is 4.96. The molecule has 0 aliphatic heterocycles. The van der Waals surface area contributed by atoms with Gasteiger partial charge in [-0.15, -0.1) is 0 Å². The van der Waals surface area contributed by atoms with E-state index in [2.05, 4.69) is 4.98 Å². The number of carbonyl (C=O) groups is 1. The van der Waals surface area contributed by atoms with E-state index in [9.17, 15) is 9.18 Å². The van der Waals surface area contributed by atoms with Crippen molar-refractivity contribution in [2.75, 3.05) is 0 Å². The van der Waals surface area contributed by atoms with Gasteiger partial charge in [0.05, 0.1) is 5.69 Å². The lowest BCUT2D eigenvalue weighted by molar-refractivity contribution is 0.0662. The van der Waals surface area contributed by atoms with Crippen LogP contribution in [0.2, 0.25) is 0 Å². The Hall–Kier alpha value is -2.17. The van der Waals surface area contributed by atoms with Crippen molar-refractivity contribution >= 4 is 5.97 Å². The zero-order chi connectivity index (χ0) is 12.6. The Morgan fingerprint density at radius 2 is 2.12 bits per heavy atom. The van der Waals surface area contributed by atoms with Gasteiger partial charge in [0, 0.05) is 5.56 Å². The molecular weight excluding hydrogens is 225 g/mol. The smallest absolute Gasteiger partial charge is 0.373 e. The summed E-state index contributed by atoms with van der Waals surface area (Å²) in [5.41, 5.74) is 1.50. The molecule has 0 bridgehead atoms. The summed E-state index contributed by atoms with van der Waals surface area (Å²) in [5.74, 6) is -1.70. The van der Waals surface area contributed by atoms with Crippen LogP contribution in [0.15, 0.2) is 22.6 Å². The van der Waals surface area contributed by atoms with Gasteiger partial charge < -0.3 is 9.52 Å². The van der Waals surface area contributed by atoms with Gasteiger partial charge in [0.1, 0.15) is 5.82 Å². The molecule has 0 atom stereocenters. The normalized spacial score (nSPS) is 10.5. The Balaban J connectivity index is 2.57. The van der Waals surface area contributed by atoms with Crippen molar-refractivity contribution < 1.29 is 18.7 Å². The van der Waals surface area contributed by atoms with Crippen LogP contribution in [0.25, 0.3) is 11.5 Å². The van der Waals surface area contributed by atoms with Crippen LogP contribution in [0.4, 0.5) is 4.39 Å². The molecule has 0 spiro atoms. The number of aromatic carboxylic acids is 1. The summed E-state index contributed by atoms with van der Waals surface area (Å²) < 4.78 is 18.2. The predicted octanol–water partition coefficient (Wildman–Crippen LogP) is 2.80. The van der Waals surface area contributed by atoms with Crippen LogP contribution >= 0.6 is 0 Å². The van der Waals surface area contributed by atoms with Gasteiger partial charge in [-0.3, -0.25) is 0 Å². The molecule has 1 heterocycles. The number of nitrogens with zero attached hydrogens (tertiary/aromatic N) is 1. The lowest BCUT2D eigenvalue weighted by Gasteiger charge is -2.00. The van der Waals surface area contributed by atoms with Gasteiger partial charge in [-0.25, -0.2) is 14.2 Å².